The summed E-state index contributed by atoms with van der Waals surface area (Å²) in [5.74, 6) is -0.203. The molecule has 0 atom stereocenters. The van der Waals surface area contributed by atoms with Crippen LogP contribution in [0.1, 0.15) is 16.8 Å². The summed E-state index contributed by atoms with van der Waals surface area (Å²) in [5.41, 5.74) is 3.51. The molecule has 2 heterocycles. The van der Waals surface area contributed by atoms with Crippen molar-refractivity contribution in [2.45, 2.75) is 25.7 Å². The first-order chi connectivity index (χ1) is 12.9. The lowest BCUT2D eigenvalue weighted by Gasteiger charge is -2.27. The minimum Gasteiger partial charge on any atom is -0.406 e. The number of hydrogen-bond acceptors (Lipinski definition) is 2. The van der Waals surface area contributed by atoms with E-state index in [0.29, 0.717) is 31.3 Å². The fourth-order valence-corrected chi connectivity index (χ4v) is 3.51. The van der Waals surface area contributed by atoms with E-state index in [-0.39, 0.29) is 11.7 Å². The Morgan fingerprint density at radius 1 is 1.15 bits per heavy atom. The summed E-state index contributed by atoms with van der Waals surface area (Å²) in [6.45, 7) is 0.959. The maximum absolute atomic E-state index is 12.6. The zero-order valence-corrected chi connectivity index (χ0v) is 14.3. The molecule has 1 aromatic heterocycles. The first-order valence-electron chi connectivity index (χ1n) is 8.60. The first kappa shape index (κ1) is 17.5. The van der Waals surface area contributed by atoms with E-state index in [1.807, 2.05) is 30.3 Å². The van der Waals surface area contributed by atoms with Crippen LogP contribution >= 0.6 is 0 Å². The quantitative estimate of drug-likeness (QED) is 0.747. The molecule has 0 aliphatic carbocycles. The number of aromatic amines is 1. The number of carbonyl (C=O) groups is 1. The van der Waals surface area contributed by atoms with E-state index in [0.717, 1.165) is 22.3 Å². The van der Waals surface area contributed by atoms with Gasteiger partial charge in [-0.15, -0.1) is 13.2 Å². The number of amides is 1. The number of aromatic nitrogens is 1. The Balaban J connectivity index is 1.54. The predicted octanol–water partition coefficient (Wildman–Crippen LogP) is 4.19. The van der Waals surface area contributed by atoms with Crippen LogP contribution in [-0.2, 0) is 24.2 Å². The zero-order chi connectivity index (χ0) is 19.0. The smallest absolute Gasteiger partial charge is 0.406 e. The van der Waals surface area contributed by atoms with Gasteiger partial charge in [-0.05, 0) is 35.7 Å². The average Bonchev–Trinajstić information content (AvgIpc) is 2.98. The Morgan fingerprint density at radius 2 is 1.93 bits per heavy atom. The van der Waals surface area contributed by atoms with Crippen LogP contribution in [-0.4, -0.2) is 28.7 Å². The minimum absolute atomic E-state index is 0.0339. The lowest BCUT2D eigenvalue weighted by Crippen LogP contribution is -2.36. The Bertz CT molecular complexity index is 980. The highest BCUT2D eigenvalue weighted by atomic mass is 19.4. The summed E-state index contributed by atoms with van der Waals surface area (Å²) < 4.78 is 41.4. The van der Waals surface area contributed by atoms with E-state index in [1.165, 1.54) is 12.1 Å². The molecular weight excluding hydrogens is 357 g/mol. The van der Waals surface area contributed by atoms with Gasteiger partial charge in [0.05, 0.1) is 13.0 Å². The van der Waals surface area contributed by atoms with Gasteiger partial charge < -0.3 is 14.6 Å². The molecule has 140 valence electrons. The summed E-state index contributed by atoms with van der Waals surface area (Å²) in [6.07, 6.45) is -3.80. The number of benzene rings is 2. The predicted molar refractivity (Wildman–Crippen MR) is 94.2 cm³/mol. The van der Waals surface area contributed by atoms with Gasteiger partial charge in [0.1, 0.15) is 5.75 Å². The first-order valence-corrected chi connectivity index (χ1v) is 8.60. The van der Waals surface area contributed by atoms with Gasteiger partial charge in [-0.3, -0.25) is 4.79 Å². The monoisotopic (exact) mass is 374 g/mol. The Morgan fingerprint density at radius 3 is 2.67 bits per heavy atom. The maximum Gasteiger partial charge on any atom is 0.573 e. The van der Waals surface area contributed by atoms with Crippen molar-refractivity contribution in [2.75, 3.05) is 6.54 Å². The largest absolute Gasteiger partial charge is 0.573 e. The van der Waals surface area contributed by atoms with Crippen LogP contribution in [0.3, 0.4) is 0 Å². The number of halogens is 3. The zero-order valence-electron chi connectivity index (χ0n) is 14.3. The van der Waals surface area contributed by atoms with Gasteiger partial charge in [-0.1, -0.05) is 30.3 Å². The minimum atomic E-state index is -4.72. The van der Waals surface area contributed by atoms with E-state index in [9.17, 15) is 18.0 Å². The molecule has 27 heavy (non-hydrogen) atoms. The number of rotatable bonds is 3. The SMILES string of the molecule is O=C(Cc1ccccc1)N1CCc2c([nH]c3ccc(OC(F)(F)F)cc23)C1. The third-order valence-electron chi connectivity index (χ3n) is 4.73. The lowest BCUT2D eigenvalue weighted by molar-refractivity contribution is -0.274. The molecule has 4 nitrogen and oxygen atoms in total. The molecule has 1 N–H and O–H groups in total. The van der Waals surface area contributed by atoms with Crippen LogP contribution in [0.5, 0.6) is 5.75 Å². The van der Waals surface area contributed by atoms with Crippen LogP contribution in [0.4, 0.5) is 13.2 Å². The van der Waals surface area contributed by atoms with Gasteiger partial charge in [0.15, 0.2) is 0 Å². The van der Waals surface area contributed by atoms with Crippen molar-refractivity contribution in [1.29, 1.82) is 0 Å². The van der Waals surface area contributed by atoms with Gasteiger partial charge >= 0.3 is 6.36 Å². The highest BCUT2D eigenvalue weighted by molar-refractivity contribution is 5.87. The number of hydrogen-bond donors (Lipinski definition) is 1. The summed E-state index contributed by atoms with van der Waals surface area (Å²) in [6, 6.07) is 13.8. The number of fused-ring (bicyclic) bond motifs is 3. The molecule has 0 saturated carbocycles. The molecule has 1 aliphatic rings. The van der Waals surface area contributed by atoms with Crippen molar-refractivity contribution < 1.29 is 22.7 Å². The van der Waals surface area contributed by atoms with Crippen molar-refractivity contribution in [3.63, 3.8) is 0 Å². The molecule has 0 bridgehead atoms. The van der Waals surface area contributed by atoms with Crippen molar-refractivity contribution >= 4 is 16.8 Å². The van der Waals surface area contributed by atoms with Gasteiger partial charge in [-0.2, -0.15) is 0 Å². The molecule has 4 rings (SSSR count). The molecule has 2 aromatic carbocycles. The average molecular weight is 374 g/mol. The molecule has 0 fully saturated rings. The fourth-order valence-electron chi connectivity index (χ4n) is 3.51. The van der Waals surface area contributed by atoms with E-state index in [4.69, 9.17) is 0 Å². The van der Waals surface area contributed by atoms with E-state index in [1.54, 1.807) is 11.0 Å². The number of nitrogens with one attached hydrogen (secondary N) is 1. The highest BCUT2D eigenvalue weighted by Crippen LogP contribution is 2.32. The maximum atomic E-state index is 12.6. The van der Waals surface area contributed by atoms with Gasteiger partial charge in [0, 0.05) is 23.1 Å². The number of alkyl halides is 3. The van der Waals surface area contributed by atoms with E-state index in [2.05, 4.69) is 9.72 Å². The molecule has 0 unspecified atom stereocenters. The summed E-state index contributed by atoms with van der Waals surface area (Å²) in [5, 5.41) is 0.710. The standard InChI is InChI=1S/C20H17F3N2O2/c21-20(22,23)27-14-6-7-17-16(11-14)15-8-9-25(12-18(15)24-17)19(26)10-13-4-2-1-3-5-13/h1-7,11,24H,8-10,12H2. The number of ether oxygens (including phenoxy) is 1. The fraction of sp³-hybridized carbons (Fsp3) is 0.250. The normalized spacial score (nSPS) is 14.3. The van der Waals surface area contributed by atoms with E-state index < -0.39 is 6.36 Å². The van der Waals surface area contributed by atoms with Crippen molar-refractivity contribution in [3.05, 3.63) is 65.4 Å². The number of carbonyl (C=O) groups excluding carboxylic acids is 1. The van der Waals surface area contributed by atoms with Crippen molar-refractivity contribution in [3.8, 4) is 5.75 Å². The third-order valence-corrected chi connectivity index (χ3v) is 4.73. The van der Waals surface area contributed by atoms with Crippen LogP contribution in [0.15, 0.2) is 48.5 Å². The molecule has 1 aliphatic heterocycles. The van der Waals surface area contributed by atoms with Crippen molar-refractivity contribution in [2.24, 2.45) is 0 Å². The summed E-state index contributed by atoms with van der Waals surface area (Å²) in [7, 11) is 0. The third kappa shape index (κ3) is 3.77. The molecule has 0 saturated heterocycles. The second-order valence-electron chi connectivity index (χ2n) is 6.56. The molecule has 3 aromatic rings. The summed E-state index contributed by atoms with van der Waals surface area (Å²) in [4.78, 5) is 17.6. The van der Waals surface area contributed by atoms with Gasteiger partial charge in [-0.25, -0.2) is 0 Å². The Kier molecular flexibility index (Phi) is 4.30. The number of nitrogens with zero attached hydrogens (tertiary/aromatic N) is 1. The second kappa shape index (κ2) is 6.64. The molecular formula is C20H17F3N2O2. The van der Waals surface area contributed by atoms with Gasteiger partial charge in [0.25, 0.3) is 0 Å². The molecule has 0 spiro atoms. The topological polar surface area (TPSA) is 45.3 Å². The summed E-state index contributed by atoms with van der Waals surface area (Å²) >= 11 is 0. The Hall–Kier alpha value is -2.96. The lowest BCUT2D eigenvalue weighted by atomic mass is 10.0. The highest BCUT2D eigenvalue weighted by Gasteiger charge is 2.31. The molecule has 1 amide bonds. The second-order valence-corrected chi connectivity index (χ2v) is 6.56. The van der Waals surface area contributed by atoms with Crippen LogP contribution in [0.25, 0.3) is 10.9 Å². The Labute approximate surface area is 153 Å². The number of H-pyrrole nitrogens is 1. The van der Waals surface area contributed by atoms with E-state index >= 15 is 0 Å². The van der Waals surface area contributed by atoms with Crippen LogP contribution in [0.2, 0.25) is 0 Å². The van der Waals surface area contributed by atoms with Crippen LogP contribution < -0.4 is 4.74 Å². The molecule has 7 heteroatoms. The van der Waals surface area contributed by atoms with Crippen molar-refractivity contribution in [1.82, 2.24) is 9.88 Å². The van der Waals surface area contributed by atoms with Crippen LogP contribution in [0, 0.1) is 0 Å². The van der Waals surface area contributed by atoms with Gasteiger partial charge in [0.2, 0.25) is 5.91 Å². The molecule has 0 radical (unpaired) electrons.